The highest BCUT2D eigenvalue weighted by Crippen LogP contribution is 2.34. The Labute approximate surface area is 244 Å². The van der Waals surface area contributed by atoms with Crippen LogP contribution in [0.2, 0.25) is 0 Å². The smallest absolute Gasteiger partial charge is 0.322 e. The Morgan fingerprint density at radius 1 is 0.878 bits per heavy atom. The highest BCUT2D eigenvalue weighted by molar-refractivity contribution is 8.00. The van der Waals surface area contributed by atoms with Crippen molar-refractivity contribution in [3.8, 4) is 11.5 Å². The fraction of sp³-hybridized carbons (Fsp3) is 0.182. The normalized spacial score (nSPS) is 12.7. The molecule has 0 saturated carbocycles. The molecule has 0 aliphatic heterocycles. The van der Waals surface area contributed by atoms with Gasteiger partial charge in [0.05, 0.1) is 13.7 Å². The second kappa shape index (κ2) is 15.5. The number of aliphatic hydroxyl groups is 1. The molecule has 0 aliphatic rings. The molecule has 8 heteroatoms. The Bertz CT molecular complexity index is 1380. The second-order valence-electron chi connectivity index (χ2n) is 8.87. The largest absolute Gasteiger partial charge is 0.489 e. The van der Waals surface area contributed by atoms with E-state index in [0.717, 1.165) is 16.0 Å². The molecule has 2 unspecified atom stereocenters. The molecule has 7 nitrogen and oxygen atoms in total. The number of hydrogen-bond donors (Lipinski definition) is 2. The summed E-state index contributed by atoms with van der Waals surface area (Å²) < 4.78 is 17.0. The van der Waals surface area contributed by atoms with E-state index in [9.17, 15) is 9.90 Å². The van der Waals surface area contributed by atoms with E-state index in [1.807, 2.05) is 84.9 Å². The van der Waals surface area contributed by atoms with Crippen LogP contribution in [0, 0.1) is 0 Å². The summed E-state index contributed by atoms with van der Waals surface area (Å²) in [5, 5.41) is 10.2. The fourth-order valence-corrected chi connectivity index (χ4v) is 4.94. The maximum Gasteiger partial charge on any atom is 0.322 e. The summed E-state index contributed by atoms with van der Waals surface area (Å²) in [6.07, 6.45) is 0.557. The van der Waals surface area contributed by atoms with Crippen LogP contribution in [0.5, 0.6) is 11.5 Å². The van der Waals surface area contributed by atoms with Gasteiger partial charge in [0.25, 0.3) is 0 Å². The van der Waals surface area contributed by atoms with E-state index >= 15 is 0 Å². The second-order valence-corrected chi connectivity index (χ2v) is 10.1. The number of ether oxygens (including phenoxy) is 3. The summed E-state index contributed by atoms with van der Waals surface area (Å²) in [4.78, 5) is 18.6. The minimum atomic E-state index is -1.05. The van der Waals surface area contributed by atoms with E-state index < -0.39 is 17.3 Å². The molecule has 4 aromatic carbocycles. The zero-order valence-corrected chi connectivity index (χ0v) is 23.8. The molecule has 2 atom stereocenters. The van der Waals surface area contributed by atoms with Gasteiger partial charge < -0.3 is 19.3 Å². The topological polar surface area (TPSA) is 86.3 Å². The van der Waals surface area contributed by atoms with Crippen LogP contribution in [-0.4, -0.2) is 30.0 Å². The summed E-state index contributed by atoms with van der Waals surface area (Å²) >= 11 is 1.28. The lowest BCUT2D eigenvalue weighted by atomic mass is 10.1. The number of nitrogens with one attached hydrogen (secondary N) is 1. The van der Waals surface area contributed by atoms with Gasteiger partial charge in [-0.2, -0.15) is 0 Å². The molecular formula is C33H33NO6S. The molecule has 0 heterocycles. The van der Waals surface area contributed by atoms with Gasteiger partial charge in [0, 0.05) is 10.5 Å². The molecule has 4 rings (SSSR count). The van der Waals surface area contributed by atoms with Gasteiger partial charge >= 0.3 is 5.97 Å². The van der Waals surface area contributed by atoms with Gasteiger partial charge in [0.15, 0.2) is 0 Å². The number of aliphatic hydroxyl groups excluding tert-OH is 1. The zero-order valence-electron chi connectivity index (χ0n) is 22.9. The highest BCUT2D eigenvalue weighted by atomic mass is 32.2. The van der Waals surface area contributed by atoms with E-state index in [4.69, 9.17) is 19.0 Å². The fourth-order valence-electron chi connectivity index (χ4n) is 3.88. The quantitative estimate of drug-likeness (QED) is 0.0763. The summed E-state index contributed by atoms with van der Waals surface area (Å²) in [6.45, 7) is 2.35. The standard InChI is InChI=1S/C33H33NO6S/c1-3-38-33(36)32(41-29-12-8-5-9-13-29)31(35)26-16-20-28(21-17-26)39-22-24-14-18-27(19-15-24)40-23-30(34-37-2)25-10-6-4-7-11-25/h4-21,23,31-32,34-35H,3,22H2,1-2H3. The SMILES string of the molecule is CCOC(=O)C(Sc1ccccc1)C(O)c1ccc(OCc2ccc(OC=C(NOC)c3ccccc3)cc2)cc1. The van der Waals surface area contributed by atoms with E-state index in [1.54, 1.807) is 44.6 Å². The Morgan fingerprint density at radius 2 is 1.51 bits per heavy atom. The average Bonchev–Trinajstić information content (AvgIpc) is 3.02. The van der Waals surface area contributed by atoms with Crippen LogP contribution in [0.1, 0.15) is 29.7 Å². The predicted octanol–water partition coefficient (Wildman–Crippen LogP) is 6.55. The molecule has 0 radical (unpaired) electrons. The van der Waals surface area contributed by atoms with Gasteiger partial charge in [0.1, 0.15) is 41.4 Å². The Balaban J connectivity index is 1.34. The Kier molecular flexibility index (Phi) is 11.3. The summed E-state index contributed by atoms with van der Waals surface area (Å²) in [7, 11) is 1.55. The first-order valence-electron chi connectivity index (χ1n) is 13.2. The van der Waals surface area contributed by atoms with Crippen molar-refractivity contribution >= 4 is 23.4 Å². The molecule has 0 saturated heterocycles. The number of carbonyl (C=O) groups excluding carboxylic acids is 1. The molecule has 212 valence electrons. The molecule has 0 amide bonds. The van der Waals surface area contributed by atoms with Crippen molar-refractivity contribution in [2.75, 3.05) is 13.7 Å². The molecule has 0 aromatic heterocycles. The lowest BCUT2D eigenvalue weighted by molar-refractivity contribution is -0.144. The maximum atomic E-state index is 12.6. The molecule has 4 aromatic rings. The van der Waals surface area contributed by atoms with Crippen molar-refractivity contribution in [3.63, 3.8) is 0 Å². The number of hydrogen-bond acceptors (Lipinski definition) is 8. The van der Waals surface area contributed by atoms with Crippen molar-refractivity contribution in [1.82, 2.24) is 5.48 Å². The van der Waals surface area contributed by atoms with Crippen LogP contribution < -0.4 is 15.0 Å². The number of hydroxylamine groups is 1. The number of carbonyl (C=O) groups is 1. The number of rotatable bonds is 14. The molecule has 0 bridgehead atoms. The van der Waals surface area contributed by atoms with E-state index in [2.05, 4.69) is 5.48 Å². The predicted molar refractivity (Wildman–Crippen MR) is 160 cm³/mol. The van der Waals surface area contributed by atoms with Gasteiger partial charge in [-0.3, -0.25) is 15.1 Å². The Morgan fingerprint density at radius 3 is 2.15 bits per heavy atom. The van der Waals surface area contributed by atoms with Crippen molar-refractivity contribution in [2.24, 2.45) is 0 Å². The molecular weight excluding hydrogens is 538 g/mol. The zero-order chi connectivity index (χ0) is 28.9. The van der Waals surface area contributed by atoms with E-state index in [0.29, 0.717) is 29.4 Å². The van der Waals surface area contributed by atoms with Crippen LogP contribution >= 0.6 is 11.8 Å². The molecule has 0 aliphatic carbocycles. The lowest BCUT2D eigenvalue weighted by Gasteiger charge is -2.21. The van der Waals surface area contributed by atoms with Gasteiger partial charge in [0.2, 0.25) is 0 Å². The van der Waals surface area contributed by atoms with Gasteiger partial charge in [-0.25, -0.2) is 0 Å². The van der Waals surface area contributed by atoms with Crippen molar-refractivity contribution in [2.45, 2.75) is 29.8 Å². The number of benzene rings is 4. The van der Waals surface area contributed by atoms with Gasteiger partial charge in [-0.1, -0.05) is 72.8 Å². The van der Waals surface area contributed by atoms with Crippen molar-refractivity contribution in [1.29, 1.82) is 0 Å². The van der Waals surface area contributed by atoms with Crippen LogP contribution in [0.4, 0.5) is 0 Å². The first-order chi connectivity index (χ1) is 20.1. The van der Waals surface area contributed by atoms with Crippen LogP contribution in [0.25, 0.3) is 5.70 Å². The first-order valence-corrected chi connectivity index (χ1v) is 14.0. The molecule has 41 heavy (non-hydrogen) atoms. The summed E-state index contributed by atoms with van der Waals surface area (Å²) in [5.74, 6) is 0.858. The minimum absolute atomic E-state index is 0.244. The first kappa shape index (κ1) is 29.7. The third-order valence-electron chi connectivity index (χ3n) is 5.97. The minimum Gasteiger partial charge on any atom is -0.489 e. The molecule has 0 fully saturated rings. The van der Waals surface area contributed by atoms with Crippen LogP contribution in [0.3, 0.4) is 0 Å². The third kappa shape index (κ3) is 8.88. The maximum absolute atomic E-state index is 12.6. The van der Waals surface area contributed by atoms with Gasteiger partial charge in [-0.15, -0.1) is 11.8 Å². The van der Waals surface area contributed by atoms with E-state index in [1.165, 1.54) is 11.8 Å². The van der Waals surface area contributed by atoms with Gasteiger partial charge in [-0.05, 0) is 54.4 Å². The highest BCUT2D eigenvalue weighted by Gasteiger charge is 2.30. The van der Waals surface area contributed by atoms with Crippen LogP contribution in [0.15, 0.2) is 120 Å². The van der Waals surface area contributed by atoms with Crippen molar-refractivity contribution < 1.29 is 28.9 Å². The summed E-state index contributed by atoms with van der Waals surface area (Å²) in [6, 6.07) is 33.9. The van der Waals surface area contributed by atoms with E-state index in [-0.39, 0.29) is 6.61 Å². The monoisotopic (exact) mass is 571 g/mol. The summed E-state index contributed by atoms with van der Waals surface area (Å²) in [5.41, 5.74) is 6.03. The molecule has 2 N–H and O–H groups in total. The average molecular weight is 572 g/mol. The number of esters is 1. The molecule has 0 spiro atoms. The third-order valence-corrected chi connectivity index (χ3v) is 7.22. The lowest BCUT2D eigenvalue weighted by Crippen LogP contribution is -2.27. The Hall–Kier alpha value is -4.24. The van der Waals surface area contributed by atoms with Crippen LogP contribution in [-0.2, 0) is 21.0 Å². The van der Waals surface area contributed by atoms with Crippen molar-refractivity contribution in [3.05, 3.63) is 132 Å². The number of thioether (sulfide) groups is 1.